The minimum Gasteiger partial charge on any atom is -0.462 e. The standard InChI is InChI=1S/C42H78O6/c1-4-7-10-13-16-18-20-21-22-24-26-29-32-35-41(44)47-38-39(37-46-40(43)34-31-28-25-15-12-9-6-3)48-42(45)36-33-30-27-23-19-17-14-11-8-5-2/h11,14,39H,4-10,12-13,15-38H2,1-3H3/b14-11-. The second-order valence-electron chi connectivity index (χ2n) is 13.9. The molecule has 0 radical (unpaired) electrons. The number of carbonyl (C=O) groups excluding carboxylic acids is 3. The lowest BCUT2D eigenvalue weighted by atomic mass is 10.0. The van der Waals surface area contributed by atoms with Crippen LogP contribution in [0.5, 0.6) is 0 Å². The third-order valence-electron chi connectivity index (χ3n) is 9.00. The lowest BCUT2D eigenvalue weighted by Crippen LogP contribution is -2.30. The Labute approximate surface area is 297 Å². The second kappa shape index (κ2) is 38.0. The molecule has 0 aromatic heterocycles. The first-order valence-corrected chi connectivity index (χ1v) is 20.7. The van der Waals surface area contributed by atoms with Crippen molar-refractivity contribution >= 4 is 17.9 Å². The van der Waals surface area contributed by atoms with Crippen molar-refractivity contribution in [1.82, 2.24) is 0 Å². The summed E-state index contributed by atoms with van der Waals surface area (Å²) in [6.45, 7) is 6.52. The summed E-state index contributed by atoms with van der Waals surface area (Å²) in [4.78, 5) is 37.4. The third-order valence-corrected chi connectivity index (χ3v) is 9.00. The summed E-state index contributed by atoms with van der Waals surface area (Å²) in [6.07, 6.45) is 37.7. The highest BCUT2D eigenvalue weighted by Crippen LogP contribution is 2.14. The van der Waals surface area contributed by atoms with E-state index < -0.39 is 6.10 Å². The van der Waals surface area contributed by atoms with Crippen LogP contribution in [0, 0.1) is 0 Å². The van der Waals surface area contributed by atoms with Gasteiger partial charge in [0.05, 0.1) is 0 Å². The van der Waals surface area contributed by atoms with Crippen LogP contribution in [0.1, 0.15) is 220 Å². The van der Waals surface area contributed by atoms with Gasteiger partial charge in [-0.2, -0.15) is 0 Å². The SMILES string of the molecule is CCC/C=C\CCCCCCCC(=O)OC(COC(=O)CCCCCCCCC)COC(=O)CCCCCCCCCCCCCCC. The van der Waals surface area contributed by atoms with E-state index in [-0.39, 0.29) is 31.1 Å². The Balaban J connectivity index is 4.30. The van der Waals surface area contributed by atoms with Crippen molar-refractivity contribution < 1.29 is 28.6 Å². The fraction of sp³-hybridized carbons (Fsp3) is 0.881. The van der Waals surface area contributed by atoms with Crippen molar-refractivity contribution in [3.05, 3.63) is 12.2 Å². The zero-order valence-corrected chi connectivity index (χ0v) is 32.0. The van der Waals surface area contributed by atoms with Gasteiger partial charge in [0.25, 0.3) is 0 Å². The van der Waals surface area contributed by atoms with Gasteiger partial charge in [-0.15, -0.1) is 0 Å². The highest BCUT2D eigenvalue weighted by molar-refractivity contribution is 5.71. The van der Waals surface area contributed by atoms with E-state index >= 15 is 0 Å². The van der Waals surface area contributed by atoms with Crippen molar-refractivity contribution in [3.63, 3.8) is 0 Å². The van der Waals surface area contributed by atoms with Crippen LogP contribution in [0.2, 0.25) is 0 Å². The zero-order chi connectivity index (χ0) is 35.2. The number of rotatable bonds is 37. The van der Waals surface area contributed by atoms with E-state index in [9.17, 15) is 14.4 Å². The Morgan fingerprint density at radius 3 is 1.12 bits per heavy atom. The summed E-state index contributed by atoms with van der Waals surface area (Å²) in [5, 5.41) is 0. The van der Waals surface area contributed by atoms with Crippen LogP contribution in [0.15, 0.2) is 12.2 Å². The summed E-state index contributed by atoms with van der Waals surface area (Å²) in [5.41, 5.74) is 0. The quantitative estimate of drug-likeness (QED) is 0.0282. The number of esters is 3. The maximum atomic E-state index is 12.6. The molecular weight excluding hydrogens is 600 g/mol. The van der Waals surface area contributed by atoms with Gasteiger partial charge in [-0.25, -0.2) is 0 Å². The van der Waals surface area contributed by atoms with Crippen molar-refractivity contribution in [3.8, 4) is 0 Å². The van der Waals surface area contributed by atoms with Gasteiger partial charge in [0, 0.05) is 19.3 Å². The van der Waals surface area contributed by atoms with Gasteiger partial charge in [0.15, 0.2) is 6.10 Å². The molecule has 1 atom stereocenters. The predicted molar refractivity (Wildman–Crippen MR) is 201 cm³/mol. The molecule has 0 rings (SSSR count). The van der Waals surface area contributed by atoms with E-state index in [4.69, 9.17) is 14.2 Å². The Kier molecular flexibility index (Phi) is 36.5. The molecule has 6 heteroatoms. The largest absolute Gasteiger partial charge is 0.462 e. The van der Waals surface area contributed by atoms with Crippen LogP contribution in [0.4, 0.5) is 0 Å². The Morgan fingerprint density at radius 1 is 0.396 bits per heavy atom. The molecular formula is C42H78O6. The third kappa shape index (κ3) is 35.5. The molecule has 1 unspecified atom stereocenters. The first-order chi connectivity index (χ1) is 23.5. The Hall–Kier alpha value is -1.85. The molecule has 0 aromatic rings. The van der Waals surface area contributed by atoms with Gasteiger partial charge in [-0.1, -0.05) is 174 Å². The molecule has 0 spiro atoms. The molecule has 0 fully saturated rings. The molecule has 0 N–H and O–H groups in total. The van der Waals surface area contributed by atoms with E-state index in [1.54, 1.807) is 0 Å². The molecule has 0 heterocycles. The van der Waals surface area contributed by atoms with Gasteiger partial charge >= 0.3 is 17.9 Å². The summed E-state index contributed by atoms with van der Waals surface area (Å²) >= 11 is 0. The van der Waals surface area contributed by atoms with Crippen LogP contribution in [0.25, 0.3) is 0 Å². The summed E-state index contributed by atoms with van der Waals surface area (Å²) in [7, 11) is 0. The number of hydrogen-bond donors (Lipinski definition) is 0. The Bertz CT molecular complexity index is 748. The summed E-state index contributed by atoms with van der Waals surface area (Å²) in [6, 6.07) is 0. The maximum absolute atomic E-state index is 12.6. The topological polar surface area (TPSA) is 78.9 Å². The van der Waals surface area contributed by atoms with E-state index in [2.05, 4.69) is 32.9 Å². The van der Waals surface area contributed by atoms with Gasteiger partial charge in [0.1, 0.15) is 13.2 Å². The number of ether oxygens (including phenoxy) is 3. The zero-order valence-electron chi connectivity index (χ0n) is 32.0. The molecule has 6 nitrogen and oxygen atoms in total. The van der Waals surface area contributed by atoms with Gasteiger partial charge in [-0.05, 0) is 38.5 Å². The predicted octanol–water partition coefficient (Wildman–Crippen LogP) is 12.7. The molecule has 0 saturated heterocycles. The highest BCUT2D eigenvalue weighted by atomic mass is 16.6. The normalized spacial score (nSPS) is 12.0. The molecule has 0 saturated carbocycles. The average molecular weight is 679 g/mol. The average Bonchev–Trinajstić information content (AvgIpc) is 3.08. The lowest BCUT2D eigenvalue weighted by molar-refractivity contribution is -0.167. The van der Waals surface area contributed by atoms with Crippen LogP contribution < -0.4 is 0 Å². The first kappa shape index (κ1) is 46.1. The molecule has 0 aliphatic heterocycles. The summed E-state index contributed by atoms with van der Waals surface area (Å²) in [5.74, 6) is -0.885. The maximum Gasteiger partial charge on any atom is 0.306 e. The van der Waals surface area contributed by atoms with E-state index in [1.165, 1.54) is 103 Å². The van der Waals surface area contributed by atoms with Crippen molar-refractivity contribution in [2.75, 3.05) is 13.2 Å². The van der Waals surface area contributed by atoms with E-state index in [1.807, 2.05) is 0 Å². The van der Waals surface area contributed by atoms with Crippen molar-refractivity contribution in [1.29, 1.82) is 0 Å². The van der Waals surface area contributed by atoms with Gasteiger partial charge in [0.2, 0.25) is 0 Å². The number of hydrogen-bond acceptors (Lipinski definition) is 6. The second-order valence-corrected chi connectivity index (χ2v) is 13.9. The molecule has 0 bridgehead atoms. The Morgan fingerprint density at radius 2 is 0.729 bits per heavy atom. The monoisotopic (exact) mass is 679 g/mol. The lowest BCUT2D eigenvalue weighted by Gasteiger charge is -2.18. The molecule has 0 aliphatic rings. The fourth-order valence-electron chi connectivity index (χ4n) is 5.85. The molecule has 0 aliphatic carbocycles. The van der Waals surface area contributed by atoms with Crippen molar-refractivity contribution in [2.45, 2.75) is 226 Å². The number of carbonyl (C=O) groups is 3. The first-order valence-electron chi connectivity index (χ1n) is 20.7. The highest BCUT2D eigenvalue weighted by Gasteiger charge is 2.19. The number of allylic oxidation sites excluding steroid dienone is 2. The van der Waals surface area contributed by atoms with Crippen LogP contribution in [-0.2, 0) is 28.6 Å². The van der Waals surface area contributed by atoms with Crippen LogP contribution in [0.3, 0.4) is 0 Å². The minimum atomic E-state index is -0.763. The van der Waals surface area contributed by atoms with E-state index in [0.717, 1.165) is 77.0 Å². The number of unbranched alkanes of at least 4 members (excludes halogenated alkanes) is 24. The van der Waals surface area contributed by atoms with Gasteiger partial charge in [-0.3, -0.25) is 14.4 Å². The van der Waals surface area contributed by atoms with Crippen LogP contribution in [-0.4, -0.2) is 37.2 Å². The smallest absolute Gasteiger partial charge is 0.306 e. The minimum absolute atomic E-state index is 0.0702. The van der Waals surface area contributed by atoms with Crippen molar-refractivity contribution in [2.24, 2.45) is 0 Å². The molecule has 0 aromatic carbocycles. The molecule has 0 amide bonds. The fourth-order valence-corrected chi connectivity index (χ4v) is 5.85. The summed E-state index contributed by atoms with van der Waals surface area (Å²) < 4.78 is 16.6. The van der Waals surface area contributed by atoms with Crippen LogP contribution >= 0.6 is 0 Å². The molecule has 282 valence electrons. The van der Waals surface area contributed by atoms with E-state index in [0.29, 0.717) is 19.3 Å². The van der Waals surface area contributed by atoms with Gasteiger partial charge < -0.3 is 14.2 Å². The molecule has 48 heavy (non-hydrogen) atoms.